The van der Waals surface area contributed by atoms with E-state index in [-0.39, 0.29) is 18.8 Å². The molecule has 0 aliphatic rings. The molecule has 0 aliphatic carbocycles. The summed E-state index contributed by atoms with van der Waals surface area (Å²) in [6, 6.07) is 10.1. The number of aliphatic hydroxyl groups is 1. The van der Waals surface area contributed by atoms with E-state index in [2.05, 4.69) is 110 Å². The molecule has 7 heteroatoms. The van der Waals surface area contributed by atoms with Crippen LogP contribution in [-0.4, -0.2) is 43.1 Å². The standard InChI is InChI=1S/C31H53N3O2Si2/c1-12-31(30-21-34(33-32-30)29(22-35)20-28-16-14-13-15-17-28)36-38(26(8)9,27(10)11)19-18-37(23(2)3,24(4)5)25(6)7/h13-17,21,23-27,29,31,35H,12,20,22H2,1-11H3/t29-,31+/m0/s1. The topological polar surface area (TPSA) is 60.2 Å². The molecule has 212 valence electrons. The molecule has 0 radical (unpaired) electrons. The first-order chi connectivity index (χ1) is 17.8. The van der Waals surface area contributed by atoms with Crippen molar-refractivity contribution in [2.75, 3.05) is 6.61 Å². The molecule has 0 unspecified atom stereocenters. The molecule has 0 aliphatic heterocycles. The summed E-state index contributed by atoms with van der Waals surface area (Å²) in [6.45, 7) is 25.5. The molecular formula is C31H53N3O2Si2. The van der Waals surface area contributed by atoms with Gasteiger partial charge in [-0.15, -0.1) is 16.2 Å². The molecule has 2 rings (SSSR count). The van der Waals surface area contributed by atoms with Gasteiger partial charge in [-0.05, 0) is 46.1 Å². The zero-order valence-electron chi connectivity index (χ0n) is 25.8. The minimum Gasteiger partial charge on any atom is -0.396 e. The van der Waals surface area contributed by atoms with Gasteiger partial charge in [-0.2, -0.15) is 0 Å². The van der Waals surface area contributed by atoms with E-state index in [1.54, 1.807) is 0 Å². The van der Waals surface area contributed by atoms with Crippen molar-refractivity contribution in [1.29, 1.82) is 0 Å². The van der Waals surface area contributed by atoms with E-state index in [1.807, 2.05) is 29.1 Å². The van der Waals surface area contributed by atoms with Crippen LogP contribution in [0, 0.1) is 11.1 Å². The van der Waals surface area contributed by atoms with E-state index in [4.69, 9.17) is 4.43 Å². The molecule has 0 spiro atoms. The Labute approximate surface area is 234 Å². The van der Waals surface area contributed by atoms with Gasteiger partial charge in [0.25, 0.3) is 8.32 Å². The molecule has 0 fully saturated rings. The Morgan fingerprint density at radius 2 is 1.39 bits per heavy atom. The SMILES string of the molecule is CC[C@@H](O[Si](C#C[Si](C(C)C)(C(C)C)C(C)C)(C(C)C)C(C)C)c1cn([C@H](CO)Cc2ccccc2)nn1. The lowest BCUT2D eigenvalue weighted by atomic mass is 10.1. The molecule has 5 nitrogen and oxygen atoms in total. The smallest absolute Gasteiger partial charge is 0.276 e. The summed E-state index contributed by atoms with van der Waals surface area (Å²) in [5.41, 5.74) is 12.4. The van der Waals surface area contributed by atoms with E-state index in [1.165, 1.54) is 5.56 Å². The summed E-state index contributed by atoms with van der Waals surface area (Å²) in [5.74, 6) is 0. The Kier molecular flexibility index (Phi) is 12.0. The monoisotopic (exact) mass is 555 g/mol. The Morgan fingerprint density at radius 1 is 0.842 bits per heavy atom. The van der Waals surface area contributed by atoms with E-state index in [0.717, 1.165) is 12.1 Å². The van der Waals surface area contributed by atoms with Gasteiger partial charge < -0.3 is 9.53 Å². The quantitative estimate of drug-likeness (QED) is 0.201. The summed E-state index contributed by atoms with van der Waals surface area (Å²) in [4.78, 5) is 0. The van der Waals surface area contributed by atoms with Crippen molar-refractivity contribution in [3.8, 4) is 11.1 Å². The third-order valence-corrected chi connectivity index (χ3v) is 19.7. The summed E-state index contributed by atoms with van der Waals surface area (Å²) >= 11 is 0. The number of benzene rings is 1. The largest absolute Gasteiger partial charge is 0.396 e. The number of hydrogen-bond acceptors (Lipinski definition) is 4. The van der Waals surface area contributed by atoms with Crippen LogP contribution >= 0.6 is 0 Å². The lowest BCUT2D eigenvalue weighted by Crippen LogP contribution is -2.48. The molecule has 2 atom stereocenters. The molecule has 1 aromatic heterocycles. The summed E-state index contributed by atoms with van der Waals surface area (Å²) in [6.07, 6.45) is 3.31. The Morgan fingerprint density at radius 3 is 1.84 bits per heavy atom. The highest BCUT2D eigenvalue weighted by Crippen LogP contribution is 2.43. The lowest BCUT2D eigenvalue weighted by Gasteiger charge is -2.40. The number of aromatic nitrogens is 3. The molecule has 1 heterocycles. The summed E-state index contributed by atoms with van der Waals surface area (Å²) in [5, 5.41) is 19.1. The van der Waals surface area contributed by atoms with Crippen molar-refractivity contribution in [3.63, 3.8) is 0 Å². The number of nitrogens with zero attached hydrogens (tertiary/aromatic N) is 3. The van der Waals surface area contributed by atoms with Gasteiger partial charge in [-0.25, -0.2) is 4.68 Å². The molecular weight excluding hydrogens is 503 g/mol. The average molecular weight is 556 g/mol. The second-order valence-corrected chi connectivity index (χ2v) is 22.4. The Balaban J connectivity index is 2.47. The van der Waals surface area contributed by atoms with Crippen molar-refractivity contribution >= 4 is 16.4 Å². The lowest BCUT2D eigenvalue weighted by molar-refractivity contribution is 0.179. The maximum atomic E-state index is 10.1. The summed E-state index contributed by atoms with van der Waals surface area (Å²) in [7, 11) is -4.39. The van der Waals surface area contributed by atoms with E-state index in [0.29, 0.717) is 34.1 Å². The van der Waals surface area contributed by atoms with Crippen LogP contribution in [0.1, 0.15) is 106 Å². The summed E-state index contributed by atoms with van der Waals surface area (Å²) < 4.78 is 8.99. The Bertz CT molecular complexity index is 1010. The first-order valence-corrected chi connectivity index (χ1v) is 18.9. The molecule has 0 amide bonds. The first-order valence-electron chi connectivity index (χ1n) is 14.6. The van der Waals surface area contributed by atoms with Crippen LogP contribution in [0.15, 0.2) is 36.5 Å². The second kappa shape index (κ2) is 14.1. The van der Waals surface area contributed by atoms with Crippen LogP contribution in [0.2, 0.25) is 27.7 Å². The second-order valence-electron chi connectivity index (χ2n) is 12.4. The van der Waals surface area contributed by atoms with Crippen molar-refractivity contribution in [1.82, 2.24) is 15.0 Å². The van der Waals surface area contributed by atoms with Gasteiger partial charge in [0.2, 0.25) is 0 Å². The zero-order valence-corrected chi connectivity index (χ0v) is 27.8. The fourth-order valence-corrected chi connectivity index (χ4v) is 16.0. The van der Waals surface area contributed by atoms with Crippen molar-refractivity contribution < 1.29 is 9.53 Å². The number of hydrogen-bond donors (Lipinski definition) is 1. The normalized spacial score (nSPS) is 14.4. The molecule has 0 saturated heterocycles. The van der Waals surface area contributed by atoms with Crippen LogP contribution in [0.25, 0.3) is 0 Å². The minimum absolute atomic E-state index is 0.00378. The molecule has 2 aromatic rings. The van der Waals surface area contributed by atoms with Gasteiger partial charge in [0.05, 0.1) is 24.9 Å². The number of aliphatic hydroxyl groups excluding tert-OH is 1. The van der Waals surface area contributed by atoms with Gasteiger partial charge in [0.1, 0.15) is 13.8 Å². The van der Waals surface area contributed by atoms with Crippen molar-refractivity contribution in [2.45, 2.75) is 129 Å². The van der Waals surface area contributed by atoms with Crippen molar-refractivity contribution in [2.24, 2.45) is 0 Å². The van der Waals surface area contributed by atoms with E-state index in [9.17, 15) is 5.11 Å². The number of rotatable bonds is 13. The fraction of sp³-hybridized carbons (Fsp3) is 0.677. The third-order valence-electron chi connectivity index (χ3n) is 8.52. The highest BCUT2D eigenvalue weighted by Gasteiger charge is 2.46. The van der Waals surface area contributed by atoms with Gasteiger partial charge in [-0.1, -0.05) is 112 Å². The molecule has 38 heavy (non-hydrogen) atoms. The van der Waals surface area contributed by atoms with Gasteiger partial charge in [0.15, 0.2) is 0 Å². The fourth-order valence-electron chi connectivity index (χ4n) is 6.23. The van der Waals surface area contributed by atoms with Gasteiger partial charge in [-0.3, -0.25) is 0 Å². The predicted molar refractivity (Wildman–Crippen MR) is 165 cm³/mol. The zero-order chi connectivity index (χ0) is 28.7. The molecule has 0 saturated carbocycles. The van der Waals surface area contributed by atoms with Crippen molar-refractivity contribution in [3.05, 3.63) is 47.8 Å². The molecule has 0 bridgehead atoms. The first kappa shape index (κ1) is 32.5. The third kappa shape index (κ3) is 7.07. The highest BCUT2D eigenvalue weighted by atomic mass is 28.4. The van der Waals surface area contributed by atoms with Crippen LogP contribution in [0.3, 0.4) is 0 Å². The van der Waals surface area contributed by atoms with Crippen LogP contribution in [0.4, 0.5) is 0 Å². The maximum absolute atomic E-state index is 10.1. The van der Waals surface area contributed by atoms with Crippen LogP contribution in [-0.2, 0) is 10.8 Å². The Hall–Kier alpha value is -1.73. The van der Waals surface area contributed by atoms with Gasteiger partial charge in [0, 0.05) is 0 Å². The van der Waals surface area contributed by atoms with Gasteiger partial charge >= 0.3 is 0 Å². The van der Waals surface area contributed by atoms with E-state index < -0.39 is 16.4 Å². The van der Waals surface area contributed by atoms with Crippen LogP contribution in [0.5, 0.6) is 0 Å². The van der Waals surface area contributed by atoms with E-state index >= 15 is 0 Å². The predicted octanol–water partition coefficient (Wildman–Crippen LogP) is 8.05. The molecule has 1 aromatic carbocycles. The average Bonchev–Trinajstić information content (AvgIpc) is 3.34. The molecule has 1 N–H and O–H groups in total. The maximum Gasteiger partial charge on any atom is 0.276 e. The minimum atomic E-state index is -2.50. The highest BCUT2D eigenvalue weighted by molar-refractivity contribution is 6.93. The van der Waals surface area contributed by atoms with Crippen LogP contribution < -0.4 is 0 Å².